The van der Waals surface area contributed by atoms with Crippen molar-refractivity contribution in [3.8, 4) is 11.4 Å². The van der Waals surface area contributed by atoms with E-state index in [1.807, 2.05) is 6.07 Å². The van der Waals surface area contributed by atoms with Gasteiger partial charge in [0.25, 0.3) is 0 Å². The number of fused-ring (bicyclic) bond motifs is 1. The molecular formula is C17H17F2N5. The maximum Gasteiger partial charge on any atom is 0.159 e. The Balaban J connectivity index is 1.77. The molecule has 3 aromatic rings. The molecule has 2 N–H and O–H groups in total. The fraction of sp³-hybridized carbons (Fsp3) is 0.294. The molecule has 7 heteroatoms. The molecule has 0 spiro atoms. The van der Waals surface area contributed by atoms with E-state index in [0.29, 0.717) is 11.4 Å². The molecule has 0 atom stereocenters. The van der Waals surface area contributed by atoms with Gasteiger partial charge in [-0.1, -0.05) is 0 Å². The maximum absolute atomic E-state index is 13.5. The highest BCUT2D eigenvalue weighted by molar-refractivity contribution is 5.88. The van der Waals surface area contributed by atoms with Crippen molar-refractivity contribution in [2.45, 2.75) is 6.42 Å². The zero-order chi connectivity index (χ0) is 16.5. The Hall–Kier alpha value is -2.54. The second-order valence-electron chi connectivity index (χ2n) is 5.84. The van der Waals surface area contributed by atoms with E-state index < -0.39 is 11.6 Å². The average Bonchev–Trinajstić information content (AvgIpc) is 2.84. The van der Waals surface area contributed by atoms with Gasteiger partial charge >= 0.3 is 0 Å². The SMILES string of the molecule is Fc1ccc(-c2nc3c(N4CCCNCC4)nccc3[nH]2)cc1F. The Morgan fingerprint density at radius 2 is 1.96 bits per heavy atom. The smallest absolute Gasteiger partial charge is 0.159 e. The summed E-state index contributed by atoms with van der Waals surface area (Å²) in [4.78, 5) is 14.5. The van der Waals surface area contributed by atoms with Crippen LogP contribution in [0.1, 0.15) is 6.42 Å². The zero-order valence-electron chi connectivity index (χ0n) is 13.0. The molecule has 0 amide bonds. The van der Waals surface area contributed by atoms with Crippen LogP contribution in [0, 0.1) is 11.6 Å². The van der Waals surface area contributed by atoms with Crippen molar-refractivity contribution in [3.05, 3.63) is 42.1 Å². The number of benzene rings is 1. The van der Waals surface area contributed by atoms with Crippen LogP contribution in [-0.2, 0) is 0 Å². The summed E-state index contributed by atoms with van der Waals surface area (Å²) < 4.78 is 26.6. The zero-order valence-corrected chi connectivity index (χ0v) is 13.0. The van der Waals surface area contributed by atoms with E-state index in [9.17, 15) is 8.78 Å². The molecule has 0 unspecified atom stereocenters. The van der Waals surface area contributed by atoms with Crippen molar-refractivity contribution in [1.29, 1.82) is 0 Å². The van der Waals surface area contributed by atoms with Crippen LogP contribution in [0.5, 0.6) is 0 Å². The summed E-state index contributed by atoms with van der Waals surface area (Å²) in [5, 5.41) is 3.36. The summed E-state index contributed by atoms with van der Waals surface area (Å²) >= 11 is 0. The lowest BCUT2D eigenvalue weighted by Gasteiger charge is -2.20. The molecule has 24 heavy (non-hydrogen) atoms. The van der Waals surface area contributed by atoms with Crippen molar-refractivity contribution in [1.82, 2.24) is 20.3 Å². The minimum atomic E-state index is -0.884. The Labute approximate surface area is 137 Å². The normalized spacial score (nSPS) is 15.7. The van der Waals surface area contributed by atoms with Crippen LogP contribution >= 0.6 is 0 Å². The molecule has 1 fully saturated rings. The average molecular weight is 329 g/mol. The Bertz CT molecular complexity index is 869. The minimum absolute atomic E-state index is 0.506. The summed E-state index contributed by atoms with van der Waals surface area (Å²) in [6, 6.07) is 5.61. The molecule has 0 radical (unpaired) electrons. The van der Waals surface area contributed by atoms with Gasteiger partial charge in [0.2, 0.25) is 0 Å². The lowest BCUT2D eigenvalue weighted by molar-refractivity contribution is 0.509. The molecule has 1 aliphatic rings. The van der Waals surface area contributed by atoms with Gasteiger partial charge in [0.05, 0.1) is 5.52 Å². The van der Waals surface area contributed by atoms with Crippen LogP contribution in [0.4, 0.5) is 14.6 Å². The van der Waals surface area contributed by atoms with Crippen LogP contribution in [0.25, 0.3) is 22.4 Å². The van der Waals surface area contributed by atoms with E-state index in [2.05, 4.69) is 25.2 Å². The summed E-state index contributed by atoms with van der Waals surface area (Å²) in [5.74, 6) is -0.424. The fourth-order valence-electron chi connectivity index (χ4n) is 2.99. The first-order chi connectivity index (χ1) is 11.7. The Kier molecular flexibility index (Phi) is 3.86. The van der Waals surface area contributed by atoms with Gasteiger partial charge in [0, 0.05) is 31.4 Å². The summed E-state index contributed by atoms with van der Waals surface area (Å²) in [6.07, 6.45) is 2.78. The molecule has 2 aromatic heterocycles. The van der Waals surface area contributed by atoms with Crippen LogP contribution < -0.4 is 10.2 Å². The van der Waals surface area contributed by atoms with Crippen LogP contribution in [0.3, 0.4) is 0 Å². The molecule has 0 aliphatic carbocycles. The predicted octanol–water partition coefficient (Wildman–Crippen LogP) is 2.70. The highest BCUT2D eigenvalue weighted by atomic mass is 19.2. The van der Waals surface area contributed by atoms with Gasteiger partial charge in [-0.05, 0) is 37.2 Å². The maximum atomic E-state index is 13.5. The number of halogens is 2. The van der Waals surface area contributed by atoms with Crippen molar-refractivity contribution >= 4 is 16.9 Å². The topological polar surface area (TPSA) is 56.8 Å². The van der Waals surface area contributed by atoms with E-state index in [1.165, 1.54) is 6.07 Å². The van der Waals surface area contributed by atoms with Crippen molar-refractivity contribution < 1.29 is 8.78 Å². The highest BCUT2D eigenvalue weighted by Crippen LogP contribution is 2.27. The minimum Gasteiger partial charge on any atom is -0.353 e. The van der Waals surface area contributed by atoms with Crippen LogP contribution in [0.15, 0.2) is 30.5 Å². The molecule has 4 rings (SSSR count). The number of rotatable bonds is 2. The molecule has 124 valence electrons. The number of anilines is 1. The number of hydrogen-bond acceptors (Lipinski definition) is 4. The first-order valence-corrected chi connectivity index (χ1v) is 7.98. The van der Waals surface area contributed by atoms with E-state index in [1.54, 1.807) is 6.20 Å². The van der Waals surface area contributed by atoms with Gasteiger partial charge in [-0.15, -0.1) is 0 Å². The number of aromatic amines is 1. The van der Waals surface area contributed by atoms with Crippen LogP contribution in [-0.4, -0.2) is 41.1 Å². The predicted molar refractivity (Wildman–Crippen MR) is 88.9 cm³/mol. The van der Waals surface area contributed by atoms with Gasteiger partial charge in [0.1, 0.15) is 11.3 Å². The lowest BCUT2D eigenvalue weighted by atomic mass is 10.2. The molecule has 0 saturated carbocycles. The summed E-state index contributed by atoms with van der Waals surface area (Å²) in [5.41, 5.74) is 2.09. The molecule has 1 aromatic carbocycles. The monoisotopic (exact) mass is 329 g/mol. The largest absolute Gasteiger partial charge is 0.353 e. The van der Waals surface area contributed by atoms with E-state index in [-0.39, 0.29) is 0 Å². The van der Waals surface area contributed by atoms with Gasteiger partial charge < -0.3 is 15.2 Å². The molecule has 1 saturated heterocycles. The lowest BCUT2D eigenvalue weighted by Crippen LogP contribution is -2.28. The van der Waals surface area contributed by atoms with Gasteiger partial charge in [-0.3, -0.25) is 0 Å². The van der Waals surface area contributed by atoms with E-state index in [0.717, 1.165) is 61.6 Å². The number of pyridine rings is 1. The van der Waals surface area contributed by atoms with Crippen molar-refractivity contribution in [3.63, 3.8) is 0 Å². The third kappa shape index (κ3) is 2.71. The highest BCUT2D eigenvalue weighted by Gasteiger charge is 2.17. The van der Waals surface area contributed by atoms with Gasteiger partial charge in [-0.2, -0.15) is 0 Å². The Morgan fingerprint density at radius 1 is 1.04 bits per heavy atom. The third-order valence-corrected chi connectivity index (χ3v) is 4.21. The number of imidazole rings is 1. The molecule has 3 heterocycles. The first-order valence-electron chi connectivity index (χ1n) is 7.98. The standard InChI is InChI=1S/C17H17F2N5/c18-12-3-2-11(10-13(12)19)16-22-14-4-6-21-17(15(14)23-16)24-8-1-5-20-7-9-24/h2-4,6,10,20H,1,5,7-9H2,(H,22,23). The van der Waals surface area contributed by atoms with Gasteiger partial charge in [-0.25, -0.2) is 18.7 Å². The second kappa shape index (κ2) is 6.16. The summed E-state index contributed by atoms with van der Waals surface area (Å²) in [7, 11) is 0. The number of hydrogen-bond donors (Lipinski definition) is 2. The molecule has 1 aliphatic heterocycles. The van der Waals surface area contributed by atoms with Crippen molar-refractivity contribution in [2.75, 3.05) is 31.1 Å². The second-order valence-corrected chi connectivity index (χ2v) is 5.84. The van der Waals surface area contributed by atoms with E-state index in [4.69, 9.17) is 0 Å². The number of H-pyrrole nitrogens is 1. The summed E-state index contributed by atoms with van der Waals surface area (Å²) in [6.45, 7) is 3.66. The number of aromatic nitrogens is 3. The van der Waals surface area contributed by atoms with E-state index >= 15 is 0 Å². The quantitative estimate of drug-likeness (QED) is 0.759. The number of nitrogens with zero attached hydrogens (tertiary/aromatic N) is 3. The molecular weight excluding hydrogens is 312 g/mol. The van der Waals surface area contributed by atoms with Gasteiger partial charge in [0.15, 0.2) is 17.5 Å². The molecule has 5 nitrogen and oxygen atoms in total. The Morgan fingerprint density at radius 3 is 2.83 bits per heavy atom. The fourth-order valence-corrected chi connectivity index (χ4v) is 2.99. The van der Waals surface area contributed by atoms with Crippen LogP contribution in [0.2, 0.25) is 0 Å². The molecule has 0 bridgehead atoms. The first kappa shape index (κ1) is 15.0. The van der Waals surface area contributed by atoms with Crippen molar-refractivity contribution in [2.24, 2.45) is 0 Å². The third-order valence-electron chi connectivity index (χ3n) is 4.21. The number of nitrogens with one attached hydrogen (secondary N) is 2.